The maximum absolute atomic E-state index is 13.2. The Morgan fingerprint density at radius 3 is 1.25 bits per heavy atom. The minimum Gasteiger partial charge on any atom is -0.378 e. The number of unbranched alkanes of at least 4 members (excludes halogenated alkanes) is 20. The summed E-state index contributed by atoms with van der Waals surface area (Å²) in [6, 6.07) is 0. The zero-order valence-corrected chi connectivity index (χ0v) is 27.4. The van der Waals surface area contributed by atoms with Gasteiger partial charge < -0.3 is 10.2 Å². The third-order valence-electron chi connectivity index (χ3n) is 8.57. The van der Waals surface area contributed by atoms with Gasteiger partial charge in [-0.05, 0) is 18.8 Å². The number of hydrogen-bond acceptors (Lipinski definition) is 5. The molecule has 0 saturated carbocycles. The Morgan fingerprint density at radius 1 is 0.575 bits per heavy atom. The van der Waals surface area contributed by atoms with E-state index >= 15 is 0 Å². The third-order valence-corrected chi connectivity index (χ3v) is 8.57. The maximum atomic E-state index is 13.2. The number of rotatable bonds is 30. The highest BCUT2D eigenvalue weighted by atomic mass is 16.3. The molecule has 3 unspecified atom stereocenters. The molecule has 0 rings (SSSR count). The number of ketones is 2. The molecular weight excluding hydrogens is 498 g/mol. The van der Waals surface area contributed by atoms with Gasteiger partial charge in [-0.3, -0.25) is 14.9 Å². The number of carbonyl (C=O) groups excluding carboxylic acids is 2. The second-order valence-corrected chi connectivity index (χ2v) is 12.8. The highest BCUT2D eigenvalue weighted by Crippen LogP contribution is 2.24. The summed E-state index contributed by atoms with van der Waals surface area (Å²) in [6.45, 7) is 9.77. The first-order valence-corrected chi connectivity index (χ1v) is 17.4. The minimum atomic E-state index is -2.02. The van der Waals surface area contributed by atoms with Crippen LogP contribution in [0, 0.1) is 11.8 Å². The maximum Gasteiger partial charge on any atom is 0.187 e. The van der Waals surface area contributed by atoms with Crippen molar-refractivity contribution >= 4 is 11.6 Å². The molecule has 0 aromatic rings. The standard InChI is InChI=1S/C35H69NO4/c1-6-8-10-12-14-16-18-20-22-24-26-28-32(37)31(5)35(40,36-34(39)30(3)4)33(38)29-27-25-23-21-19-17-15-13-11-9-7-2/h30-31,34,36,39-40H,6-29H2,1-5H3. The van der Waals surface area contributed by atoms with Crippen LogP contribution in [0.2, 0.25) is 0 Å². The number of carbonyl (C=O) groups is 2. The van der Waals surface area contributed by atoms with E-state index in [0.717, 1.165) is 32.1 Å². The van der Waals surface area contributed by atoms with Crippen LogP contribution in [-0.2, 0) is 9.59 Å². The van der Waals surface area contributed by atoms with Crippen molar-refractivity contribution in [1.29, 1.82) is 0 Å². The summed E-state index contributed by atoms with van der Waals surface area (Å²) < 4.78 is 0. The van der Waals surface area contributed by atoms with Crippen LogP contribution >= 0.6 is 0 Å². The van der Waals surface area contributed by atoms with E-state index in [4.69, 9.17) is 0 Å². The summed E-state index contributed by atoms with van der Waals surface area (Å²) in [6.07, 6.45) is 26.0. The van der Waals surface area contributed by atoms with Gasteiger partial charge in [0.05, 0.1) is 5.92 Å². The quantitative estimate of drug-likeness (QED) is 0.0594. The molecule has 0 aliphatic rings. The summed E-state index contributed by atoms with van der Waals surface area (Å²) in [7, 11) is 0. The van der Waals surface area contributed by atoms with Crippen LogP contribution in [0.3, 0.4) is 0 Å². The molecule has 3 atom stereocenters. The van der Waals surface area contributed by atoms with Crippen LogP contribution in [0.1, 0.15) is 189 Å². The molecular formula is C35H69NO4. The molecule has 0 saturated heterocycles. The van der Waals surface area contributed by atoms with Gasteiger partial charge in [-0.2, -0.15) is 0 Å². The van der Waals surface area contributed by atoms with Crippen molar-refractivity contribution in [2.75, 3.05) is 0 Å². The van der Waals surface area contributed by atoms with Gasteiger partial charge in [-0.15, -0.1) is 0 Å². The first kappa shape index (κ1) is 39.2. The van der Waals surface area contributed by atoms with E-state index in [1.54, 1.807) is 6.92 Å². The predicted octanol–water partition coefficient (Wildman–Crippen LogP) is 9.42. The van der Waals surface area contributed by atoms with Crippen LogP contribution in [0.4, 0.5) is 0 Å². The minimum absolute atomic E-state index is 0.103. The van der Waals surface area contributed by atoms with Gasteiger partial charge in [0.2, 0.25) is 0 Å². The van der Waals surface area contributed by atoms with Crippen molar-refractivity contribution in [2.45, 2.75) is 201 Å². The van der Waals surface area contributed by atoms with Crippen molar-refractivity contribution in [3.8, 4) is 0 Å². The first-order valence-electron chi connectivity index (χ1n) is 17.4. The lowest BCUT2D eigenvalue weighted by Gasteiger charge is -2.36. The summed E-state index contributed by atoms with van der Waals surface area (Å²) in [5.74, 6) is -1.54. The second-order valence-electron chi connectivity index (χ2n) is 12.8. The van der Waals surface area contributed by atoms with Crippen molar-refractivity contribution in [1.82, 2.24) is 5.32 Å². The third kappa shape index (κ3) is 19.4. The van der Waals surface area contributed by atoms with Gasteiger partial charge in [0, 0.05) is 12.8 Å². The molecule has 40 heavy (non-hydrogen) atoms. The Kier molecular flexibility index (Phi) is 25.4. The SMILES string of the molecule is CCCCCCCCCCCCCC(=O)C(C)C(O)(NC(O)C(C)C)C(=O)CCCCCCCCCCCCC. The topological polar surface area (TPSA) is 86.6 Å². The average molecular weight is 568 g/mol. The van der Waals surface area contributed by atoms with Gasteiger partial charge in [0.25, 0.3) is 0 Å². The fourth-order valence-corrected chi connectivity index (χ4v) is 5.39. The van der Waals surface area contributed by atoms with E-state index in [2.05, 4.69) is 19.2 Å². The van der Waals surface area contributed by atoms with E-state index in [9.17, 15) is 19.8 Å². The lowest BCUT2D eigenvalue weighted by molar-refractivity contribution is -0.161. The normalized spacial score (nSPS) is 14.8. The molecule has 0 aliphatic heterocycles. The molecule has 5 heteroatoms. The summed E-state index contributed by atoms with van der Waals surface area (Å²) in [5, 5.41) is 24.6. The van der Waals surface area contributed by atoms with Crippen LogP contribution in [0.15, 0.2) is 0 Å². The molecule has 3 N–H and O–H groups in total. The molecule has 0 fully saturated rings. The fourth-order valence-electron chi connectivity index (χ4n) is 5.39. The Labute approximate surface area is 249 Å². The highest BCUT2D eigenvalue weighted by molar-refractivity contribution is 5.94. The Bertz CT molecular complexity index is 608. The largest absolute Gasteiger partial charge is 0.378 e. The highest BCUT2D eigenvalue weighted by Gasteiger charge is 2.45. The molecule has 5 nitrogen and oxygen atoms in total. The summed E-state index contributed by atoms with van der Waals surface area (Å²) in [4.78, 5) is 26.2. The van der Waals surface area contributed by atoms with E-state index < -0.39 is 17.9 Å². The molecule has 0 spiro atoms. The second kappa shape index (κ2) is 25.9. The predicted molar refractivity (Wildman–Crippen MR) is 170 cm³/mol. The number of aliphatic hydroxyl groups excluding tert-OH is 1. The molecule has 0 heterocycles. The average Bonchev–Trinajstić information content (AvgIpc) is 2.93. The van der Waals surface area contributed by atoms with Crippen LogP contribution in [0.5, 0.6) is 0 Å². The molecule has 0 bridgehead atoms. The Balaban J connectivity index is 4.44. The smallest absolute Gasteiger partial charge is 0.187 e. The number of aliphatic hydroxyl groups is 2. The number of Topliss-reactive ketones (excluding diaryl/α,β-unsaturated/α-hetero) is 2. The summed E-state index contributed by atoms with van der Waals surface area (Å²) in [5.41, 5.74) is -2.02. The Morgan fingerprint density at radius 2 is 0.900 bits per heavy atom. The van der Waals surface area contributed by atoms with Crippen LogP contribution < -0.4 is 5.32 Å². The number of nitrogens with one attached hydrogen (secondary N) is 1. The van der Waals surface area contributed by atoms with E-state index in [1.165, 1.54) is 103 Å². The monoisotopic (exact) mass is 568 g/mol. The van der Waals surface area contributed by atoms with Crippen molar-refractivity contribution in [3.63, 3.8) is 0 Å². The van der Waals surface area contributed by atoms with E-state index in [0.29, 0.717) is 12.8 Å². The van der Waals surface area contributed by atoms with Crippen molar-refractivity contribution in [2.24, 2.45) is 11.8 Å². The van der Waals surface area contributed by atoms with Gasteiger partial charge in [0.1, 0.15) is 12.0 Å². The number of hydrogen-bond donors (Lipinski definition) is 3. The van der Waals surface area contributed by atoms with Gasteiger partial charge >= 0.3 is 0 Å². The van der Waals surface area contributed by atoms with E-state index in [1.807, 2.05) is 13.8 Å². The molecule has 0 amide bonds. The summed E-state index contributed by atoms with van der Waals surface area (Å²) >= 11 is 0. The van der Waals surface area contributed by atoms with Crippen LogP contribution in [0.25, 0.3) is 0 Å². The van der Waals surface area contributed by atoms with E-state index in [-0.39, 0.29) is 23.9 Å². The lowest BCUT2D eigenvalue weighted by atomic mass is 9.85. The van der Waals surface area contributed by atoms with Gasteiger partial charge in [-0.1, -0.05) is 163 Å². The molecule has 238 valence electrons. The molecule has 0 aromatic heterocycles. The fraction of sp³-hybridized carbons (Fsp3) is 0.943. The lowest BCUT2D eigenvalue weighted by Crippen LogP contribution is -2.62. The van der Waals surface area contributed by atoms with Crippen molar-refractivity contribution < 1.29 is 19.8 Å². The molecule has 0 aliphatic carbocycles. The van der Waals surface area contributed by atoms with Gasteiger partial charge in [-0.25, -0.2) is 0 Å². The zero-order chi connectivity index (χ0) is 30.1. The zero-order valence-electron chi connectivity index (χ0n) is 27.4. The Hall–Kier alpha value is -0.780. The van der Waals surface area contributed by atoms with Crippen LogP contribution in [-0.4, -0.2) is 33.7 Å². The molecule has 0 radical (unpaired) electrons. The van der Waals surface area contributed by atoms with Gasteiger partial charge in [0.15, 0.2) is 11.5 Å². The first-order chi connectivity index (χ1) is 19.2. The van der Waals surface area contributed by atoms with Crippen molar-refractivity contribution in [3.05, 3.63) is 0 Å². The molecule has 0 aromatic carbocycles.